The predicted octanol–water partition coefficient (Wildman–Crippen LogP) is 3.30. The highest BCUT2D eigenvalue weighted by molar-refractivity contribution is 7.07. The summed E-state index contributed by atoms with van der Waals surface area (Å²) in [4.78, 5) is 16.1. The molecule has 0 aliphatic heterocycles. The second-order valence-electron chi connectivity index (χ2n) is 5.09. The summed E-state index contributed by atoms with van der Waals surface area (Å²) in [5.74, 6) is 0.188. The van der Waals surface area contributed by atoms with Gasteiger partial charge in [0.25, 0.3) is 0 Å². The fraction of sp³-hybridized carbons (Fsp3) is 0.714. The van der Waals surface area contributed by atoms with Crippen molar-refractivity contribution in [3.05, 3.63) is 16.6 Å². The van der Waals surface area contributed by atoms with Crippen LogP contribution in [0.1, 0.15) is 57.1 Å². The Balaban J connectivity index is 1.68. The molecule has 4 heteroatoms. The van der Waals surface area contributed by atoms with Gasteiger partial charge in [0.2, 0.25) is 5.91 Å². The molecule has 3 nitrogen and oxygen atoms in total. The number of aryl methyl sites for hydroxylation is 1. The number of amides is 1. The van der Waals surface area contributed by atoms with Gasteiger partial charge < -0.3 is 5.32 Å². The molecule has 1 heterocycles. The summed E-state index contributed by atoms with van der Waals surface area (Å²) in [5, 5.41) is 5.20. The smallest absolute Gasteiger partial charge is 0.220 e. The first kappa shape index (κ1) is 13.5. The Bertz CT molecular complexity index is 343. The number of hydrogen-bond acceptors (Lipinski definition) is 3. The molecule has 0 bridgehead atoms. The Morgan fingerprint density at radius 2 is 2.00 bits per heavy atom. The van der Waals surface area contributed by atoms with Crippen molar-refractivity contribution in [1.29, 1.82) is 0 Å². The first-order valence-corrected chi connectivity index (χ1v) is 7.95. The quantitative estimate of drug-likeness (QED) is 0.908. The second kappa shape index (κ2) is 7.52. The van der Waals surface area contributed by atoms with Crippen molar-refractivity contribution < 1.29 is 4.79 Å². The van der Waals surface area contributed by atoms with Gasteiger partial charge in [0.1, 0.15) is 0 Å². The lowest BCUT2D eigenvalue weighted by Crippen LogP contribution is -2.35. The molecule has 1 aliphatic carbocycles. The summed E-state index contributed by atoms with van der Waals surface area (Å²) >= 11 is 1.59. The molecule has 1 saturated carbocycles. The van der Waals surface area contributed by atoms with Gasteiger partial charge in [-0.05, 0) is 19.3 Å². The lowest BCUT2D eigenvalue weighted by Gasteiger charge is -2.20. The number of nitrogens with one attached hydrogen (secondary N) is 1. The summed E-state index contributed by atoms with van der Waals surface area (Å²) in [6.45, 7) is 0. The molecule has 0 saturated heterocycles. The maximum atomic E-state index is 11.9. The second-order valence-corrected chi connectivity index (χ2v) is 5.81. The van der Waals surface area contributed by atoms with Crippen LogP contribution < -0.4 is 5.32 Å². The Morgan fingerprint density at radius 3 is 2.67 bits per heavy atom. The first-order chi connectivity index (χ1) is 8.84. The molecule has 1 aromatic rings. The van der Waals surface area contributed by atoms with Gasteiger partial charge in [-0.15, -0.1) is 11.3 Å². The van der Waals surface area contributed by atoms with Crippen LogP contribution in [-0.2, 0) is 11.2 Å². The topological polar surface area (TPSA) is 42.0 Å². The highest BCUT2D eigenvalue weighted by Gasteiger charge is 2.13. The zero-order valence-corrected chi connectivity index (χ0v) is 11.7. The van der Waals surface area contributed by atoms with Crippen molar-refractivity contribution in [1.82, 2.24) is 10.3 Å². The van der Waals surface area contributed by atoms with E-state index in [4.69, 9.17) is 0 Å². The maximum absolute atomic E-state index is 11.9. The number of rotatable bonds is 4. The zero-order valence-electron chi connectivity index (χ0n) is 10.9. The highest BCUT2D eigenvalue weighted by Crippen LogP contribution is 2.17. The minimum atomic E-state index is 0.188. The van der Waals surface area contributed by atoms with Gasteiger partial charge >= 0.3 is 0 Å². The average Bonchev–Trinajstić information content (AvgIpc) is 2.83. The Kier molecular flexibility index (Phi) is 5.65. The van der Waals surface area contributed by atoms with Gasteiger partial charge in [-0.2, -0.15) is 0 Å². The van der Waals surface area contributed by atoms with Crippen LogP contribution in [0.4, 0.5) is 0 Å². The summed E-state index contributed by atoms with van der Waals surface area (Å²) in [6, 6.07) is 0.410. The molecule has 1 N–H and O–H groups in total. The molecule has 1 aromatic heterocycles. The van der Waals surface area contributed by atoms with E-state index in [1.807, 2.05) is 10.9 Å². The maximum Gasteiger partial charge on any atom is 0.220 e. The van der Waals surface area contributed by atoms with E-state index in [2.05, 4.69) is 10.3 Å². The Morgan fingerprint density at radius 1 is 1.28 bits per heavy atom. The summed E-state index contributed by atoms with van der Waals surface area (Å²) < 4.78 is 0. The summed E-state index contributed by atoms with van der Waals surface area (Å²) in [6.07, 6.45) is 10.2. The molecule has 18 heavy (non-hydrogen) atoms. The third-order valence-electron chi connectivity index (χ3n) is 3.56. The minimum absolute atomic E-state index is 0.188. The monoisotopic (exact) mass is 266 g/mol. The number of carbonyl (C=O) groups is 1. The van der Waals surface area contributed by atoms with Crippen molar-refractivity contribution in [2.24, 2.45) is 0 Å². The molecule has 0 atom stereocenters. The molecule has 0 aromatic carbocycles. The van der Waals surface area contributed by atoms with E-state index in [9.17, 15) is 4.79 Å². The van der Waals surface area contributed by atoms with E-state index in [0.29, 0.717) is 12.5 Å². The zero-order chi connectivity index (χ0) is 12.6. The molecular formula is C14H22N2OS. The predicted molar refractivity (Wildman–Crippen MR) is 74.7 cm³/mol. The third-order valence-corrected chi connectivity index (χ3v) is 4.20. The van der Waals surface area contributed by atoms with Crippen molar-refractivity contribution in [3.8, 4) is 0 Å². The molecule has 0 spiro atoms. The number of carbonyl (C=O) groups excluding carboxylic acids is 1. The fourth-order valence-electron chi connectivity index (χ4n) is 2.50. The first-order valence-electron chi connectivity index (χ1n) is 7.01. The summed E-state index contributed by atoms with van der Waals surface area (Å²) in [5.41, 5.74) is 2.86. The lowest BCUT2D eigenvalue weighted by molar-refractivity contribution is -0.121. The van der Waals surface area contributed by atoms with Crippen LogP contribution >= 0.6 is 11.3 Å². The van der Waals surface area contributed by atoms with E-state index in [1.54, 1.807) is 11.3 Å². The van der Waals surface area contributed by atoms with E-state index >= 15 is 0 Å². The molecule has 1 aliphatic rings. The number of aromatic nitrogens is 1. The molecular weight excluding hydrogens is 244 g/mol. The fourth-order valence-corrected chi connectivity index (χ4v) is 3.10. The Labute approximate surface area is 113 Å². The van der Waals surface area contributed by atoms with Crippen LogP contribution in [0.2, 0.25) is 0 Å². The van der Waals surface area contributed by atoms with E-state index in [1.165, 1.54) is 32.1 Å². The SMILES string of the molecule is O=C(CCc1cscn1)NC1CCCCCCC1. The van der Waals surface area contributed by atoms with E-state index in [0.717, 1.165) is 25.0 Å². The molecule has 100 valence electrons. The van der Waals surface area contributed by atoms with Crippen molar-refractivity contribution in [3.63, 3.8) is 0 Å². The number of thiazole rings is 1. The highest BCUT2D eigenvalue weighted by atomic mass is 32.1. The Hall–Kier alpha value is -0.900. The van der Waals surface area contributed by atoms with Crippen LogP contribution in [0, 0.1) is 0 Å². The van der Waals surface area contributed by atoms with Gasteiger partial charge in [0, 0.05) is 17.8 Å². The molecule has 0 radical (unpaired) electrons. The normalized spacial score (nSPS) is 18.0. The lowest BCUT2D eigenvalue weighted by atomic mass is 9.96. The van der Waals surface area contributed by atoms with Crippen LogP contribution in [0.15, 0.2) is 10.9 Å². The molecule has 2 rings (SSSR count). The standard InChI is InChI=1S/C14H22N2OS/c17-14(9-8-13-10-18-11-15-13)16-12-6-4-2-1-3-5-7-12/h10-12H,1-9H2,(H,16,17). The van der Waals surface area contributed by atoms with Crippen molar-refractivity contribution >= 4 is 17.2 Å². The van der Waals surface area contributed by atoms with Crippen LogP contribution in [0.5, 0.6) is 0 Å². The van der Waals surface area contributed by atoms with Gasteiger partial charge in [0.05, 0.1) is 11.2 Å². The third kappa shape index (κ3) is 4.77. The number of hydrogen-bond donors (Lipinski definition) is 1. The van der Waals surface area contributed by atoms with Gasteiger partial charge in [-0.1, -0.05) is 32.1 Å². The van der Waals surface area contributed by atoms with Gasteiger partial charge in [-0.3, -0.25) is 4.79 Å². The minimum Gasteiger partial charge on any atom is -0.353 e. The van der Waals surface area contributed by atoms with Gasteiger partial charge in [-0.25, -0.2) is 4.98 Å². The largest absolute Gasteiger partial charge is 0.353 e. The average molecular weight is 266 g/mol. The van der Waals surface area contributed by atoms with E-state index < -0.39 is 0 Å². The molecule has 1 fully saturated rings. The number of nitrogens with zero attached hydrogens (tertiary/aromatic N) is 1. The van der Waals surface area contributed by atoms with Crippen LogP contribution in [-0.4, -0.2) is 16.9 Å². The summed E-state index contributed by atoms with van der Waals surface area (Å²) in [7, 11) is 0. The van der Waals surface area contributed by atoms with Crippen molar-refractivity contribution in [2.75, 3.05) is 0 Å². The van der Waals surface area contributed by atoms with Crippen molar-refractivity contribution in [2.45, 2.75) is 63.8 Å². The van der Waals surface area contributed by atoms with Crippen LogP contribution in [0.3, 0.4) is 0 Å². The molecule has 1 amide bonds. The molecule has 0 unspecified atom stereocenters. The van der Waals surface area contributed by atoms with E-state index in [-0.39, 0.29) is 5.91 Å². The van der Waals surface area contributed by atoms with Gasteiger partial charge in [0.15, 0.2) is 0 Å². The van der Waals surface area contributed by atoms with Crippen LogP contribution in [0.25, 0.3) is 0 Å².